The maximum Gasteiger partial charge on any atom is 0.0949 e. The summed E-state index contributed by atoms with van der Waals surface area (Å²) in [6.45, 7) is 1.17. The first-order chi connectivity index (χ1) is 7.28. The second-order valence-electron chi connectivity index (χ2n) is 4.21. The van der Waals surface area contributed by atoms with Crippen molar-refractivity contribution in [2.75, 3.05) is 6.61 Å². The Morgan fingerprint density at radius 1 is 1.53 bits per heavy atom. The van der Waals surface area contributed by atoms with E-state index in [2.05, 4.69) is 5.32 Å². The maximum absolute atomic E-state index is 9.26. The van der Waals surface area contributed by atoms with Crippen LogP contribution in [0.5, 0.6) is 0 Å². The van der Waals surface area contributed by atoms with Crippen molar-refractivity contribution < 1.29 is 10.2 Å². The molecule has 0 aromatic carbocycles. The molecule has 0 bridgehead atoms. The van der Waals surface area contributed by atoms with Gasteiger partial charge in [-0.3, -0.25) is 0 Å². The van der Waals surface area contributed by atoms with E-state index < -0.39 is 6.10 Å². The molecule has 1 aliphatic rings. The molecule has 2 rings (SSSR count). The lowest BCUT2D eigenvalue weighted by molar-refractivity contribution is 0.0813. The molecule has 1 unspecified atom stereocenters. The Bertz CT molecular complexity index is 307. The van der Waals surface area contributed by atoms with Crippen LogP contribution in [0.4, 0.5) is 0 Å². The highest BCUT2D eigenvalue weighted by Crippen LogP contribution is 2.19. The smallest absolute Gasteiger partial charge is 0.0949 e. The molecule has 4 nitrogen and oxygen atoms in total. The number of aromatic nitrogens is 1. The standard InChI is InChI=1S/C11H18N2O2/c14-8-11(15)7-13-4-3-9(6-13)5-12-10-1-2-10/h3-4,6,10-12,14-15H,1-2,5,7-8H2. The average molecular weight is 210 g/mol. The number of aliphatic hydroxyl groups excluding tert-OH is 2. The molecule has 0 spiro atoms. The van der Waals surface area contributed by atoms with Crippen LogP contribution in [0, 0.1) is 0 Å². The third-order valence-electron chi connectivity index (χ3n) is 2.62. The van der Waals surface area contributed by atoms with Gasteiger partial charge in [0.2, 0.25) is 0 Å². The summed E-state index contributed by atoms with van der Waals surface area (Å²) in [5.74, 6) is 0. The van der Waals surface area contributed by atoms with Crippen molar-refractivity contribution in [2.45, 2.75) is 38.1 Å². The molecule has 1 saturated carbocycles. The van der Waals surface area contributed by atoms with Gasteiger partial charge in [0, 0.05) is 25.0 Å². The number of hydrogen-bond donors (Lipinski definition) is 3. The number of nitrogens with one attached hydrogen (secondary N) is 1. The summed E-state index contributed by atoms with van der Waals surface area (Å²) in [7, 11) is 0. The lowest BCUT2D eigenvalue weighted by Gasteiger charge is -2.07. The molecule has 1 aliphatic carbocycles. The van der Waals surface area contributed by atoms with Crippen molar-refractivity contribution in [1.82, 2.24) is 9.88 Å². The lowest BCUT2D eigenvalue weighted by atomic mass is 10.3. The van der Waals surface area contributed by atoms with Gasteiger partial charge in [-0.25, -0.2) is 0 Å². The van der Waals surface area contributed by atoms with Crippen LogP contribution in [0.1, 0.15) is 18.4 Å². The highest BCUT2D eigenvalue weighted by molar-refractivity contribution is 5.10. The molecule has 1 heterocycles. The predicted octanol–water partition coefficient (Wildman–Crippen LogP) is 0.0933. The summed E-state index contributed by atoms with van der Waals surface area (Å²) in [5.41, 5.74) is 1.23. The molecule has 15 heavy (non-hydrogen) atoms. The van der Waals surface area contributed by atoms with Crippen LogP contribution < -0.4 is 5.32 Å². The van der Waals surface area contributed by atoms with E-state index in [-0.39, 0.29) is 6.61 Å². The first-order valence-electron chi connectivity index (χ1n) is 5.45. The first kappa shape index (κ1) is 10.7. The fourth-order valence-corrected chi connectivity index (χ4v) is 1.56. The third-order valence-corrected chi connectivity index (χ3v) is 2.62. The zero-order valence-corrected chi connectivity index (χ0v) is 8.76. The zero-order valence-electron chi connectivity index (χ0n) is 8.76. The van der Waals surface area contributed by atoms with Crippen LogP contribution >= 0.6 is 0 Å². The van der Waals surface area contributed by atoms with Gasteiger partial charge in [0.15, 0.2) is 0 Å². The number of hydrogen-bond acceptors (Lipinski definition) is 3. The Kier molecular flexibility index (Phi) is 3.41. The zero-order chi connectivity index (χ0) is 10.7. The number of rotatable bonds is 6. The molecule has 1 fully saturated rings. The SMILES string of the molecule is OCC(O)Cn1ccc(CNC2CC2)c1. The van der Waals surface area contributed by atoms with Gasteiger partial charge < -0.3 is 20.1 Å². The van der Waals surface area contributed by atoms with Crippen LogP contribution in [0.2, 0.25) is 0 Å². The molecule has 1 aromatic rings. The molecule has 0 amide bonds. The van der Waals surface area contributed by atoms with Crippen molar-refractivity contribution in [2.24, 2.45) is 0 Å². The lowest BCUT2D eigenvalue weighted by Crippen LogP contribution is -2.19. The van der Waals surface area contributed by atoms with Gasteiger partial charge in [0.1, 0.15) is 0 Å². The Labute approximate surface area is 89.5 Å². The van der Waals surface area contributed by atoms with Crippen LogP contribution in [0.15, 0.2) is 18.5 Å². The fraction of sp³-hybridized carbons (Fsp3) is 0.636. The molecule has 3 N–H and O–H groups in total. The summed E-state index contributed by atoms with van der Waals surface area (Å²) in [6, 6.07) is 2.76. The summed E-state index contributed by atoms with van der Waals surface area (Å²) in [6.07, 6.45) is 5.87. The van der Waals surface area contributed by atoms with Gasteiger partial charge in [0.25, 0.3) is 0 Å². The highest BCUT2D eigenvalue weighted by Gasteiger charge is 2.19. The van der Waals surface area contributed by atoms with E-state index in [1.165, 1.54) is 18.4 Å². The minimum atomic E-state index is -0.665. The minimum Gasteiger partial charge on any atom is -0.394 e. The summed E-state index contributed by atoms with van der Waals surface area (Å²) in [4.78, 5) is 0. The van der Waals surface area contributed by atoms with E-state index in [0.717, 1.165) is 12.6 Å². The summed E-state index contributed by atoms with van der Waals surface area (Å²) < 4.78 is 1.91. The van der Waals surface area contributed by atoms with Crippen molar-refractivity contribution in [3.8, 4) is 0 Å². The summed E-state index contributed by atoms with van der Waals surface area (Å²) >= 11 is 0. The first-order valence-corrected chi connectivity index (χ1v) is 5.45. The normalized spacial score (nSPS) is 18.0. The minimum absolute atomic E-state index is 0.187. The maximum atomic E-state index is 9.26. The van der Waals surface area contributed by atoms with Gasteiger partial charge in [0.05, 0.1) is 19.3 Å². The van der Waals surface area contributed by atoms with Crippen molar-refractivity contribution >= 4 is 0 Å². The van der Waals surface area contributed by atoms with E-state index in [9.17, 15) is 5.11 Å². The molecule has 4 heteroatoms. The van der Waals surface area contributed by atoms with E-state index >= 15 is 0 Å². The Hall–Kier alpha value is -0.840. The molecule has 0 radical (unpaired) electrons. The molecule has 0 saturated heterocycles. The number of nitrogens with zero attached hydrogens (tertiary/aromatic N) is 1. The molecule has 1 atom stereocenters. The number of aliphatic hydroxyl groups is 2. The quantitative estimate of drug-likeness (QED) is 0.624. The average Bonchev–Trinajstić information content (AvgIpc) is 2.97. The van der Waals surface area contributed by atoms with E-state index in [0.29, 0.717) is 6.54 Å². The van der Waals surface area contributed by atoms with Crippen molar-refractivity contribution in [3.63, 3.8) is 0 Å². The fourth-order valence-electron chi connectivity index (χ4n) is 1.56. The molecule has 1 aromatic heterocycles. The van der Waals surface area contributed by atoms with Crippen LogP contribution in [0.25, 0.3) is 0 Å². The van der Waals surface area contributed by atoms with E-state index in [4.69, 9.17) is 5.11 Å². The van der Waals surface area contributed by atoms with Crippen LogP contribution in [-0.2, 0) is 13.1 Å². The second kappa shape index (κ2) is 4.79. The van der Waals surface area contributed by atoms with Gasteiger partial charge >= 0.3 is 0 Å². The van der Waals surface area contributed by atoms with Crippen LogP contribution in [-0.4, -0.2) is 33.5 Å². The van der Waals surface area contributed by atoms with E-state index in [1.54, 1.807) is 0 Å². The topological polar surface area (TPSA) is 57.4 Å². The molecular weight excluding hydrogens is 192 g/mol. The molecule has 0 aliphatic heterocycles. The monoisotopic (exact) mass is 210 g/mol. The van der Waals surface area contributed by atoms with Gasteiger partial charge in [-0.15, -0.1) is 0 Å². The molecular formula is C11H18N2O2. The van der Waals surface area contributed by atoms with Gasteiger partial charge in [-0.2, -0.15) is 0 Å². The Morgan fingerprint density at radius 3 is 3.00 bits per heavy atom. The van der Waals surface area contributed by atoms with Crippen LogP contribution in [0.3, 0.4) is 0 Å². The second-order valence-corrected chi connectivity index (χ2v) is 4.21. The van der Waals surface area contributed by atoms with Crippen molar-refractivity contribution in [1.29, 1.82) is 0 Å². The Morgan fingerprint density at radius 2 is 2.33 bits per heavy atom. The van der Waals surface area contributed by atoms with Gasteiger partial charge in [-0.1, -0.05) is 0 Å². The van der Waals surface area contributed by atoms with Gasteiger partial charge in [-0.05, 0) is 24.5 Å². The predicted molar refractivity (Wildman–Crippen MR) is 57.4 cm³/mol. The van der Waals surface area contributed by atoms with Crippen molar-refractivity contribution in [3.05, 3.63) is 24.0 Å². The third kappa shape index (κ3) is 3.34. The molecule has 84 valence electrons. The largest absolute Gasteiger partial charge is 0.394 e. The highest BCUT2D eigenvalue weighted by atomic mass is 16.3. The van der Waals surface area contributed by atoms with E-state index in [1.807, 2.05) is 23.0 Å². The Balaban J connectivity index is 1.79. The summed E-state index contributed by atoms with van der Waals surface area (Å²) in [5, 5.41) is 21.4.